The topological polar surface area (TPSA) is 58.6 Å². The molecule has 1 aliphatic heterocycles. The Morgan fingerprint density at radius 1 is 1.12 bits per heavy atom. The molecule has 1 saturated heterocycles. The van der Waals surface area contributed by atoms with Crippen molar-refractivity contribution in [1.29, 1.82) is 0 Å². The van der Waals surface area contributed by atoms with Crippen molar-refractivity contribution >= 4 is 27.7 Å². The molecule has 0 unspecified atom stereocenters. The number of hydrogen-bond donors (Lipinski definition) is 1. The molecule has 2 aromatic carbocycles. The molecule has 3 rings (SSSR count). The molecule has 1 aliphatic rings. The summed E-state index contributed by atoms with van der Waals surface area (Å²) in [5, 5.41) is 2.68. The number of halogens is 2. The van der Waals surface area contributed by atoms with Crippen LogP contribution in [0.25, 0.3) is 0 Å². The predicted molar refractivity (Wildman–Crippen MR) is 98.4 cm³/mol. The predicted octanol–water partition coefficient (Wildman–Crippen LogP) is 2.99. The Bertz CT molecular complexity index is 805. The highest BCUT2D eigenvalue weighted by molar-refractivity contribution is 9.10. The van der Waals surface area contributed by atoms with Crippen LogP contribution in [0.5, 0.6) is 0 Å². The van der Waals surface area contributed by atoms with E-state index < -0.39 is 11.7 Å². The van der Waals surface area contributed by atoms with Crippen molar-refractivity contribution in [2.45, 2.75) is 6.54 Å². The summed E-state index contributed by atoms with van der Waals surface area (Å²) in [6.45, 7) is 2.55. The van der Waals surface area contributed by atoms with Gasteiger partial charge in [-0.25, -0.2) is 4.39 Å². The lowest BCUT2D eigenvalue weighted by molar-refractivity contribution is 0.0303. The van der Waals surface area contributed by atoms with E-state index in [2.05, 4.69) is 21.2 Å². The van der Waals surface area contributed by atoms with Gasteiger partial charge in [0, 0.05) is 29.7 Å². The van der Waals surface area contributed by atoms with Crippen LogP contribution < -0.4 is 5.32 Å². The lowest BCUT2D eigenvalue weighted by Gasteiger charge is -2.26. The van der Waals surface area contributed by atoms with Crippen LogP contribution >= 0.6 is 15.9 Å². The van der Waals surface area contributed by atoms with Gasteiger partial charge in [0.05, 0.1) is 18.8 Å². The van der Waals surface area contributed by atoms with Crippen molar-refractivity contribution in [2.75, 3.05) is 26.3 Å². The molecule has 0 saturated carbocycles. The number of ether oxygens (including phenoxy) is 1. The van der Waals surface area contributed by atoms with E-state index in [4.69, 9.17) is 4.74 Å². The molecule has 0 radical (unpaired) electrons. The molecule has 0 spiro atoms. The second kappa shape index (κ2) is 8.42. The molecule has 2 aromatic rings. The minimum Gasteiger partial charge on any atom is -0.378 e. The van der Waals surface area contributed by atoms with E-state index in [1.165, 1.54) is 18.2 Å². The first-order valence-electron chi connectivity index (χ1n) is 8.24. The molecular formula is C19H18BrFN2O3. The standard InChI is InChI=1S/C19H18BrFN2O3/c20-15-5-6-17(21)16(11-15)18(24)22-12-13-1-3-14(4-2-13)19(25)23-7-9-26-10-8-23/h1-6,11H,7-10,12H2,(H,22,24). The van der Waals surface area contributed by atoms with Crippen molar-refractivity contribution in [1.82, 2.24) is 10.2 Å². The number of rotatable bonds is 4. The molecule has 136 valence electrons. The Labute approximate surface area is 159 Å². The maximum atomic E-state index is 13.7. The monoisotopic (exact) mass is 420 g/mol. The van der Waals surface area contributed by atoms with E-state index in [1.807, 2.05) is 0 Å². The van der Waals surface area contributed by atoms with Crippen LogP contribution in [0.3, 0.4) is 0 Å². The summed E-state index contributed by atoms with van der Waals surface area (Å²) < 4.78 is 19.6. The van der Waals surface area contributed by atoms with Crippen LogP contribution in [0.4, 0.5) is 4.39 Å². The molecule has 1 heterocycles. The maximum absolute atomic E-state index is 13.7. The Hall–Kier alpha value is -2.25. The zero-order valence-electron chi connectivity index (χ0n) is 14.0. The number of morpholine rings is 1. The van der Waals surface area contributed by atoms with Crippen LogP contribution in [-0.2, 0) is 11.3 Å². The molecule has 0 atom stereocenters. The Morgan fingerprint density at radius 3 is 2.50 bits per heavy atom. The van der Waals surface area contributed by atoms with E-state index >= 15 is 0 Å². The normalized spacial score (nSPS) is 14.2. The molecule has 2 amide bonds. The molecule has 0 aliphatic carbocycles. The van der Waals surface area contributed by atoms with Crippen molar-refractivity contribution in [3.8, 4) is 0 Å². The van der Waals surface area contributed by atoms with Crippen molar-refractivity contribution in [3.63, 3.8) is 0 Å². The molecule has 0 aromatic heterocycles. The minimum atomic E-state index is -0.572. The number of nitrogens with zero attached hydrogens (tertiary/aromatic N) is 1. The van der Waals surface area contributed by atoms with Crippen LogP contribution in [0, 0.1) is 5.82 Å². The maximum Gasteiger partial charge on any atom is 0.254 e. The number of amides is 2. The average Bonchev–Trinajstić information content (AvgIpc) is 2.68. The molecule has 1 fully saturated rings. The third kappa shape index (κ3) is 4.47. The first kappa shape index (κ1) is 18.5. The number of nitrogens with one attached hydrogen (secondary N) is 1. The van der Waals surface area contributed by atoms with E-state index in [-0.39, 0.29) is 18.0 Å². The van der Waals surface area contributed by atoms with Crippen LogP contribution in [-0.4, -0.2) is 43.0 Å². The van der Waals surface area contributed by atoms with E-state index in [0.29, 0.717) is 36.3 Å². The van der Waals surface area contributed by atoms with Crippen molar-refractivity contribution in [3.05, 3.63) is 69.4 Å². The summed E-state index contributed by atoms with van der Waals surface area (Å²) in [5.41, 5.74) is 1.41. The van der Waals surface area contributed by atoms with Gasteiger partial charge in [-0.3, -0.25) is 9.59 Å². The van der Waals surface area contributed by atoms with Gasteiger partial charge in [0.2, 0.25) is 0 Å². The summed E-state index contributed by atoms with van der Waals surface area (Å²) in [6.07, 6.45) is 0. The fourth-order valence-electron chi connectivity index (χ4n) is 2.66. The van der Waals surface area contributed by atoms with E-state index in [9.17, 15) is 14.0 Å². The summed E-state index contributed by atoms with van der Waals surface area (Å²) >= 11 is 3.22. The van der Waals surface area contributed by atoms with Gasteiger partial charge in [0.15, 0.2) is 0 Å². The van der Waals surface area contributed by atoms with Gasteiger partial charge in [-0.15, -0.1) is 0 Å². The van der Waals surface area contributed by atoms with E-state index in [1.54, 1.807) is 29.2 Å². The van der Waals surface area contributed by atoms with Gasteiger partial charge < -0.3 is 15.0 Å². The zero-order chi connectivity index (χ0) is 18.5. The molecular weight excluding hydrogens is 403 g/mol. The highest BCUT2D eigenvalue weighted by atomic mass is 79.9. The van der Waals surface area contributed by atoms with Gasteiger partial charge in [0.1, 0.15) is 5.82 Å². The fraction of sp³-hybridized carbons (Fsp3) is 0.263. The SMILES string of the molecule is O=C(NCc1ccc(C(=O)N2CCOCC2)cc1)c1cc(Br)ccc1F. The van der Waals surface area contributed by atoms with Gasteiger partial charge >= 0.3 is 0 Å². The van der Waals surface area contributed by atoms with E-state index in [0.717, 1.165) is 5.56 Å². The molecule has 26 heavy (non-hydrogen) atoms. The highest BCUT2D eigenvalue weighted by Crippen LogP contribution is 2.16. The van der Waals surface area contributed by atoms with Crippen LogP contribution in [0.1, 0.15) is 26.3 Å². The largest absolute Gasteiger partial charge is 0.378 e. The van der Waals surface area contributed by atoms with Crippen LogP contribution in [0.2, 0.25) is 0 Å². The quantitative estimate of drug-likeness (QED) is 0.826. The summed E-state index contributed by atoms with van der Waals surface area (Å²) in [7, 11) is 0. The Balaban J connectivity index is 1.59. The summed E-state index contributed by atoms with van der Waals surface area (Å²) in [5.74, 6) is -1.09. The molecule has 5 nitrogen and oxygen atoms in total. The summed E-state index contributed by atoms with van der Waals surface area (Å²) in [4.78, 5) is 26.3. The molecule has 0 bridgehead atoms. The number of benzene rings is 2. The third-order valence-corrected chi connectivity index (χ3v) is 4.62. The van der Waals surface area contributed by atoms with Gasteiger partial charge in [0.25, 0.3) is 11.8 Å². The van der Waals surface area contributed by atoms with Crippen molar-refractivity contribution in [2.24, 2.45) is 0 Å². The second-order valence-electron chi connectivity index (χ2n) is 5.91. The fourth-order valence-corrected chi connectivity index (χ4v) is 3.02. The zero-order valence-corrected chi connectivity index (χ0v) is 15.6. The second-order valence-corrected chi connectivity index (χ2v) is 6.82. The Morgan fingerprint density at radius 2 is 1.81 bits per heavy atom. The Kier molecular flexibility index (Phi) is 6.00. The van der Waals surface area contributed by atoms with Gasteiger partial charge in [-0.05, 0) is 35.9 Å². The number of hydrogen-bond acceptors (Lipinski definition) is 3. The number of carbonyl (C=O) groups is 2. The minimum absolute atomic E-state index is 0.0153. The average molecular weight is 421 g/mol. The van der Waals surface area contributed by atoms with Gasteiger partial charge in [-0.2, -0.15) is 0 Å². The number of carbonyl (C=O) groups excluding carboxylic acids is 2. The van der Waals surface area contributed by atoms with Gasteiger partial charge in [-0.1, -0.05) is 28.1 Å². The van der Waals surface area contributed by atoms with Crippen molar-refractivity contribution < 1.29 is 18.7 Å². The molecule has 1 N–H and O–H groups in total. The third-order valence-electron chi connectivity index (χ3n) is 4.13. The smallest absolute Gasteiger partial charge is 0.254 e. The first-order valence-corrected chi connectivity index (χ1v) is 9.03. The summed E-state index contributed by atoms with van der Waals surface area (Å²) in [6, 6.07) is 11.3. The lowest BCUT2D eigenvalue weighted by atomic mass is 10.1. The highest BCUT2D eigenvalue weighted by Gasteiger charge is 2.18. The lowest BCUT2D eigenvalue weighted by Crippen LogP contribution is -2.40. The van der Waals surface area contributed by atoms with Crippen LogP contribution in [0.15, 0.2) is 46.9 Å². The first-order chi connectivity index (χ1) is 12.5. The molecule has 7 heteroatoms.